The summed E-state index contributed by atoms with van der Waals surface area (Å²) in [6.07, 6.45) is 0. The molecule has 0 atom stereocenters. The number of amides is 1. The standard InChI is InChI=1S/C18H22N2O5S/c1-12-9-17(13(2)8-16(12)25-4)26(22,23)19-11-18(21)20-14-6-5-7-15(10-14)24-3/h5-10,19H,11H2,1-4H3,(H,20,21). The molecule has 0 spiro atoms. The van der Waals surface area contributed by atoms with Crippen LogP contribution in [0.15, 0.2) is 41.3 Å². The fraction of sp³-hybridized carbons (Fsp3) is 0.278. The van der Waals surface area contributed by atoms with E-state index in [1.807, 2.05) is 0 Å². The SMILES string of the molecule is COc1cccc(NC(=O)CNS(=O)(=O)c2cc(C)c(OC)cc2C)c1. The van der Waals surface area contributed by atoms with Crippen LogP contribution >= 0.6 is 0 Å². The normalized spacial score (nSPS) is 11.1. The molecule has 0 aromatic heterocycles. The number of sulfonamides is 1. The Balaban J connectivity index is 2.08. The molecule has 0 unspecified atom stereocenters. The van der Waals surface area contributed by atoms with E-state index in [0.717, 1.165) is 0 Å². The minimum absolute atomic E-state index is 0.116. The van der Waals surface area contributed by atoms with Gasteiger partial charge in [-0.1, -0.05) is 6.07 Å². The van der Waals surface area contributed by atoms with Crippen molar-refractivity contribution in [1.82, 2.24) is 4.72 Å². The fourth-order valence-electron chi connectivity index (χ4n) is 2.42. The van der Waals surface area contributed by atoms with Crippen LogP contribution in [-0.2, 0) is 14.8 Å². The number of benzene rings is 2. The molecule has 2 aromatic carbocycles. The minimum atomic E-state index is -3.83. The summed E-state index contributed by atoms with van der Waals surface area (Å²) in [5, 5.41) is 2.62. The van der Waals surface area contributed by atoms with Crippen LogP contribution in [0.5, 0.6) is 11.5 Å². The van der Waals surface area contributed by atoms with Crippen LogP contribution in [0.3, 0.4) is 0 Å². The van der Waals surface area contributed by atoms with Crippen molar-refractivity contribution in [3.63, 3.8) is 0 Å². The summed E-state index contributed by atoms with van der Waals surface area (Å²) in [5.74, 6) is 0.717. The molecule has 7 nitrogen and oxygen atoms in total. The van der Waals surface area contributed by atoms with Crippen LogP contribution in [0, 0.1) is 13.8 Å². The second kappa shape index (κ2) is 8.20. The summed E-state index contributed by atoms with van der Waals surface area (Å²) < 4.78 is 37.6. The molecule has 2 rings (SSSR count). The van der Waals surface area contributed by atoms with Crippen molar-refractivity contribution >= 4 is 21.6 Å². The van der Waals surface area contributed by atoms with Gasteiger partial charge in [-0.15, -0.1) is 0 Å². The number of hydrogen-bond acceptors (Lipinski definition) is 5. The first-order valence-corrected chi connectivity index (χ1v) is 9.34. The molecule has 8 heteroatoms. The molecule has 0 aliphatic rings. The summed E-state index contributed by atoms with van der Waals surface area (Å²) in [6.45, 7) is 3.05. The van der Waals surface area contributed by atoms with Crippen LogP contribution in [0.2, 0.25) is 0 Å². The number of ether oxygens (including phenoxy) is 2. The first kappa shape index (κ1) is 19.7. The van der Waals surface area contributed by atoms with Crippen molar-refractivity contribution in [3.8, 4) is 11.5 Å². The molecular weight excluding hydrogens is 356 g/mol. The number of aryl methyl sites for hydroxylation is 2. The smallest absolute Gasteiger partial charge is 0.241 e. The van der Waals surface area contributed by atoms with E-state index in [1.54, 1.807) is 44.2 Å². The molecule has 0 radical (unpaired) electrons. The summed E-state index contributed by atoms with van der Waals surface area (Å²) in [7, 11) is -0.783. The summed E-state index contributed by atoms with van der Waals surface area (Å²) in [5.41, 5.74) is 1.75. The van der Waals surface area contributed by atoms with E-state index in [0.29, 0.717) is 28.3 Å². The topological polar surface area (TPSA) is 93.7 Å². The van der Waals surface area contributed by atoms with E-state index in [9.17, 15) is 13.2 Å². The fourth-order valence-corrected chi connectivity index (χ4v) is 3.71. The van der Waals surface area contributed by atoms with Gasteiger partial charge in [0.25, 0.3) is 0 Å². The third-order valence-corrected chi connectivity index (χ3v) is 5.30. The van der Waals surface area contributed by atoms with E-state index in [-0.39, 0.29) is 11.4 Å². The highest BCUT2D eigenvalue weighted by Gasteiger charge is 2.19. The van der Waals surface area contributed by atoms with Gasteiger partial charge in [0.1, 0.15) is 11.5 Å². The predicted molar refractivity (Wildman–Crippen MR) is 99.3 cm³/mol. The Morgan fingerprint density at radius 3 is 2.42 bits per heavy atom. The van der Waals surface area contributed by atoms with Gasteiger partial charge >= 0.3 is 0 Å². The lowest BCUT2D eigenvalue weighted by atomic mass is 10.1. The Morgan fingerprint density at radius 1 is 1.04 bits per heavy atom. The monoisotopic (exact) mass is 378 g/mol. The van der Waals surface area contributed by atoms with Crippen molar-refractivity contribution in [1.29, 1.82) is 0 Å². The van der Waals surface area contributed by atoms with E-state index in [2.05, 4.69) is 10.0 Å². The number of anilines is 1. The van der Waals surface area contributed by atoms with Crippen LogP contribution < -0.4 is 19.5 Å². The van der Waals surface area contributed by atoms with E-state index in [1.165, 1.54) is 20.3 Å². The van der Waals surface area contributed by atoms with Gasteiger partial charge in [0, 0.05) is 11.8 Å². The van der Waals surface area contributed by atoms with Crippen molar-refractivity contribution in [2.24, 2.45) is 0 Å². The quantitative estimate of drug-likeness (QED) is 0.771. The zero-order valence-corrected chi connectivity index (χ0v) is 15.9. The first-order chi connectivity index (χ1) is 12.3. The van der Waals surface area contributed by atoms with Gasteiger partial charge in [0.05, 0.1) is 25.7 Å². The molecule has 0 saturated heterocycles. The average Bonchev–Trinajstić information content (AvgIpc) is 2.61. The lowest BCUT2D eigenvalue weighted by molar-refractivity contribution is -0.115. The minimum Gasteiger partial charge on any atom is -0.497 e. The lowest BCUT2D eigenvalue weighted by Gasteiger charge is -2.13. The molecule has 26 heavy (non-hydrogen) atoms. The highest BCUT2D eigenvalue weighted by molar-refractivity contribution is 7.89. The number of hydrogen-bond donors (Lipinski definition) is 2. The summed E-state index contributed by atoms with van der Waals surface area (Å²) in [4.78, 5) is 12.2. The molecule has 1 amide bonds. The number of methoxy groups -OCH3 is 2. The van der Waals surface area contributed by atoms with Crippen LogP contribution in [0.4, 0.5) is 5.69 Å². The molecule has 0 fully saturated rings. The Morgan fingerprint density at radius 2 is 1.77 bits per heavy atom. The Labute approximate surface area is 153 Å². The van der Waals surface area contributed by atoms with Gasteiger partial charge in [-0.3, -0.25) is 4.79 Å². The summed E-state index contributed by atoms with van der Waals surface area (Å²) >= 11 is 0. The van der Waals surface area contributed by atoms with Crippen LogP contribution in [0.25, 0.3) is 0 Å². The molecule has 140 valence electrons. The Kier molecular flexibility index (Phi) is 6.23. The van der Waals surface area contributed by atoms with Gasteiger partial charge in [-0.25, -0.2) is 13.1 Å². The molecule has 0 heterocycles. The maximum Gasteiger partial charge on any atom is 0.241 e. The maximum atomic E-state index is 12.5. The van der Waals surface area contributed by atoms with E-state index in [4.69, 9.17) is 9.47 Å². The number of rotatable bonds is 7. The second-order valence-electron chi connectivity index (χ2n) is 5.69. The summed E-state index contributed by atoms with van der Waals surface area (Å²) in [6, 6.07) is 9.97. The molecule has 2 aromatic rings. The highest BCUT2D eigenvalue weighted by Crippen LogP contribution is 2.25. The largest absolute Gasteiger partial charge is 0.497 e. The molecule has 0 saturated carbocycles. The highest BCUT2D eigenvalue weighted by atomic mass is 32.2. The van der Waals surface area contributed by atoms with Crippen molar-refractivity contribution in [2.75, 3.05) is 26.1 Å². The van der Waals surface area contributed by atoms with Crippen molar-refractivity contribution in [2.45, 2.75) is 18.7 Å². The number of carbonyl (C=O) groups excluding carboxylic acids is 1. The Bertz CT molecular complexity index is 910. The average molecular weight is 378 g/mol. The number of nitrogens with one attached hydrogen (secondary N) is 2. The third kappa shape index (κ3) is 4.74. The van der Waals surface area contributed by atoms with Crippen LogP contribution in [-0.4, -0.2) is 35.1 Å². The first-order valence-electron chi connectivity index (χ1n) is 7.85. The maximum absolute atomic E-state index is 12.5. The van der Waals surface area contributed by atoms with E-state index < -0.39 is 15.9 Å². The zero-order chi connectivity index (χ0) is 19.3. The Hall–Kier alpha value is -2.58. The molecule has 0 aliphatic heterocycles. The van der Waals surface area contributed by atoms with Crippen LogP contribution in [0.1, 0.15) is 11.1 Å². The molecular formula is C18H22N2O5S. The zero-order valence-electron chi connectivity index (χ0n) is 15.1. The van der Waals surface area contributed by atoms with Gasteiger partial charge in [0.15, 0.2) is 0 Å². The lowest BCUT2D eigenvalue weighted by Crippen LogP contribution is -2.33. The second-order valence-corrected chi connectivity index (χ2v) is 7.43. The van der Waals surface area contributed by atoms with Gasteiger partial charge in [0.2, 0.25) is 15.9 Å². The van der Waals surface area contributed by atoms with Gasteiger partial charge in [-0.05, 0) is 49.2 Å². The van der Waals surface area contributed by atoms with Gasteiger partial charge < -0.3 is 14.8 Å². The molecule has 0 aliphatic carbocycles. The molecule has 2 N–H and O–H groups in total. The molecule has 0 bridgehead atoms. The van der Waals surface area contributed by atoms with Crippen molar-refractivity contribution < 1.29 is 22.7 Å². The predicted octanol–water partition coefficient (Wildman–Crippen LogP) is 2.24. The third-order valence-electron chi connectivity index (χ3n) is 3.76. The van der Waals surface area contributed by atoms with Crippen molar-refractivity contribution in [3.05, 3.63) is 47.5 Å². The number of carbonyl (C=O) groups is 1. The van der Waals surface area contributed by atoms with Gasteiger partial charge in [-0.2, -0.15) is 0 Å². The van der Waals surface area contributed by atoms with E-state index >= 15 is 0 Å².